The lowest BCUT2D eigenvalue weighted by Crippen LogP contribution is -2.26. The SMILES string of the molecule is CC(=O)NCc1ccc(C(=O)COC(=O)c2ccc(S(=O)(=O)N(C)c3ccccc3)cc2)s1. The molecule has 0 fully saturated rings. The Morgan fingerprint density at radius 1 is 0.970 bits per heavy atom. The zero-order valence-corrected chi connectivity index (χ0v) is 19.6. The van der Waals surface area contributed by atoms with Gasteiger partial charge in [-0.25, -0.2) is 13.2 Å². The van der Waals surface area contributed by atoms with Gasteiger partial charge in [0.15, 0.2) is 6.61 Å². The first-order valence-electron chi connectivity index (χ1n) is 9.86. The van der Waals surface area contributed by atoms with Gasteiger partial charge in [0.05, 0.1) is 27.6 Å². The van der Waals surface area contributed by atoms with Gasteiger partial charge in [-0.2, -0.15) is 0 Å². The van der Waals surface area contributed by atoms with Crippen molar-refractivity contribution in [1.82, 2.24) is 5.32 Å². The summed E-state index contributed by atoms with van der Waals surface area (Å²) in [7, 11) is -2.35. The van der Waals surface area contributed by atoms with Gasteiger partial charge in [-0.1, -0.05) is 18.2 Å². The third kappa shape index (κ3) is 6.05. The van der Waals surface area contributed by atoms with Crippen LogP contribution in [0.5, 0.6) is 0 Å². The monoisotopic (exact) mass is 486 g/mol. The normalized spacial score (nSPS) is 11.0. The van der Waals surface area contributed by atoms with Gasteiger partial charge in [-0.3, -0.25) is 13.9 Å². The Labute approximate surface area is 195 Å². The number of ketones is 1. The van der Waals surface area contributed by atoms with Crippen LogP contribution in [-0.2, 0) is 26.1 Å². The van der Waals surface area contributed by atoms with Crippen molar-refractivity contribution in [2.45, 2.75) is 18.4 Å². The largest absolute Gasteiger partial charge is 0.454 e. The lowest BCUT2D eigenvalue weighted by atomic mass is 10.2. The van der Waals surface area contributed by atoms with Crippen LogP contribution in [0.1, 0.15) is 31.8 Å². The summed E-state index contributed by atoms with van der Waals surface area (Å²) in [6, 6.07) is 17.3. The summed E-state index contributed by atoms with van der Waals surface area (Å²) in [5, 5.41) is 2.65. The summed E-state index contributed by atoms with van der Waals surface area (Å²) in [6.07, 6.45) is 0. The van der Waals surface area contributed by atoms with Crippen LogP contribution in [0.2, 0.25) is 0 Å². The number of esters is 1. The van der Waals surface area contributed by atoms with Crippen LogP contribution >= 0.6 is 11.3 Å². The number of hydrogen-bond donors (Lipinski definition) is 1. The predicted octanol–water partition coefficient (Wildman–Crippen LogP) is 3.25. The molecule has 0 unspecified atom stereocenters. The number of benzene rings is 2. The van der Waals surface area contributed by atoms with E-state index >= 15 is 0 Å². The second kappa shape index (κ2) is 10.4. The maximum absolute atomic E-state index is 12.8. The highest BCUT2D eigenvalue weighted by atomic mass is 32.2. The first kappa shape index (κ1) is 24.1. The van der Waals surface area contributed by atoms with Gasteiger partial charge >= 0.3 is 5.97 Å². The molecule has 0 aliphatic rings. The molecule has 3 rings (SSSR count). The van der Waals surface area contributed by atoms with Gasteiger partial charge in [0.25, 0.3) is 10.0 Å². The smallest absolute Gasteiger partial charge is 0.338 e. The quantitative estimate of drug-likeness (QED) is 0.367. The topological polar surface area (TPSA) is 110 Å². The molecule has 1 amide bonds. The molecule has 10 heteroatoms. The summed E-state index contributed by atoms with van der Waals surface area (Å²) in [6.45, 7) is 1.28. The molecule has 3 aromatic rings. The maximum Gasteiger partial charge on any atom is 0.338 e. The minimum Gasteiger partial charge on any atom is -0.454 e. The summed E-state index contributed by atoms with van der Waals surface area (Å²) >= 11 is 1.21. The van der Waals surface area contributed by atoms with Crippen molar-refractivity contribution in [3.05, 3.63) is 82.0 Å². The third-order valence-corrected chi connectivity index (χ3v) is 7.58. The molecule has 172 valence electrons. The van der Waals surface area contributed by atoms with E-state index in [1.807, 2.05) is 0 Å². The van der Waals surface area contributed by atoms with Crippen LogP contribution < -0.4 is 9.62 Å². The van der Waals surface area contributed by atoms with E-state index in [4.69, 9.17) is 4.74 Å². The highest BCUT2D eigenvalue weighted by Crippen LogP contribution is 2.22. The van der Waals surface area contributed by atoms with E-state index in [1.54, 1.807) is 42.5 Å². The van der Waals surface area contributed by atoms with Crippen molar-refractivity contribution in [2.75, 3.05) is 18.0 Å². The molecule has 0 aliphatic carbocycles. The number of rotatable bonds is 9. The minimum absolute atomic E-state index is 0.0202. The number of para-hydroxylation sites is 1. The second-order valence-electron chi connectivity index (χ2n) is 7.01. The van der Waals surface area contributed by atoms with E-state index < -0.39 is 22.6 Å². The van der Waals surface area contributed by atoms with Crippen molar-refractivity contribution in [2.24, 2.45) is 0 Å². The van der Waals surface area contributed by atoms with Gasteiger partial charge in [0, 0.05) is 18.8 Å². The summed E-state index contributed by atoms with van der Waals surface area (Å²) in [5.74, 6) is -1.28. The van der Waals surface area contributed by atoms with Crippen LogP contribution in [-0.4, -0.2) is 39.7 Å². The first-order valence-corrected chi connectivity index (χ1v) is 12.1. The van der Waals surface area contributed by atoms with Crippen LogP contribution in [0.15, 0.2) is 71.6 Å². The van der Waals surface area contributed by atoms with Crippen LogP contribution in [0.4, 0.5) is 5.69 Å². The Kier molecular flexibility index (Phi) is 7.62. The first-order chi connectivity index (χ1) is 15.7. The molecule has 0 radical (unpaired) electrons. The van der Waals surface area contributed by atoms with E-state index in [9.17, 15) is 22.8 Å². The number of nitrogens with zero attached hydrogens (tertiary/aromatic N) is 1. The van der Waals surface area contributed by atoms with Gasteiger partial charge in [0.2, 0.25) is 11.7 Å². The van der Waals surface area contributed by atoms with E-state index in [0.29, 0.717) is 17.1 Å². The fraction of sp³-hybridized carbons (Fsp3) is 0.174. The van der Waals surface area contributed by atoms with Crippen molar-refractivity contribution >= 4 is 44.7 Å². The fourth-order valence-corrected chi connectivity index (χ4v) is 4.88. The van der Waals surface area contributed by atoms with Gasteiger partial charge in [-0.05, 0) is 48.5 Å². The number of Topliss-reactive ketones (excluding diaryl/α,β-unsaturated/α-hetero) is 1. The Morgan fingerprint density at radius 2 is 1.64 bits per heavy atom. The van der Waals surface area contributed by atoms with Crippen molar-refractivity contribution in [3.63, 3.8) is 0 Å². The number of sulfonamides is 1. The second-order valence-corrected chi connectivity index (χ2v) is 10.1. The number of thiophene rings is 1. The molecular formula is C23H22N2O6S2. The molecule has 8 nitrogen and oxygen atoms in total. The molecule has 33 heavy (non-hydrogen) atoms. The molecule has 2 aromatic carbocycles. The number of amides is 1. The molecule has 0 spiro atoms. The zero-order chi connectivity index (χ0) is 24.0. The average molecular weight is 487 g/mol. The Bertz CT molecular complexity index is 1250. The van der Waals surface area contributed by atoms with Crippen molar-refractivity contribution in [1.29, 1.82) is 0 Å². The van der Waals surface area contributed by atoms with Crippen molar-refractivity contribution in [3.8, 4) is 0 Å². The number of hydrogen-bond acceptors (Lipinski definition) is 7. The zero-order valence-electron chi connectivity index (χ0n) is 18.0. The predicted molar refractivity (Wildman–Crippen MR) is 125 cm³/mol. The molecule has 0 atom stereocenters. The molecule has 0 saturated carbocycles. The molecule has 0 saturated heterocycles. The Balaban J connectivity index is 1.60. The number of nitrogens with one attached hydrogen (secondary N) is 1. The molecule has 0 aliphatic heterocycles. The van der Waals surface area contributed by atoms with Crippen LogP contribution in [0.3, 0.4) is 0 Å². The molecule has 1 N–H and O–H groups in total. The van der Waals surface area contributed by atoms with Crippen molar-refractivity contribution < 1.29 is 27.5 Å². The van der Waals surface area contributed by atoms with E-state index in [-0.39, 0.29) is 22.1 Å². The maximum atomic E-state index is 12.8. The highest BCUT2D eigenvalue weighted by Gasteiger charge is 2.22. The summed E-state index contributed by atoms with van der Waals surface area (Å²) < 4.78 is 31.9. The third-order valence-electron chi connectivity index (χ3n) is 4.65. The highest BCUT2D eigenvalue weighted by molar-refractivity contribution is 7.92. The standard InChI is InChI=1S/C23H22N2O6S2/c1-16(26)24-14-19-10-13-22(32-19)21(27)15-31-23(28)17-8-11-20(12-9-17)33(29,30)25(2)18-6-4-3-5-7-18/h3-13H,14-15H2,1-2H3,(H,24,26). The lowest BCUT2D eigenvalue weighted by Gasteiger charge is -2.19. The summed E-state index contributed by atoms with van der Waals surface area (Å²) in [4.78, 5) is 36.8. The minimum atomic E-state index is -3.80. The number of ether oxygens (including phenoxy) is 1. The van der Waals surface area contributed by atoms with E-state index in [2.05, 4.69) is 5.32 Å². The van der Waals surface area contributed by atoms with Crippen LogP contribution in [0.25, 0.3) is 0 Å². The van der Waals surface area contributed by atoms with E-state index in [0.717, 1.165) is 9.18 Å². The lowest BCUT2D eigenvalue weighted by molar-refractivity contribution is -0.119. The Hall–Kier alpha value is -3.50. The average Bonchev–Trinajstić information content (AvgIpc) is 3.30. The van der Waals surface area contributed by atoms with Gasteiger partial charge in [0.1, 0.15) is 0 Å². The Morgan fingerprint density at radius 3 is 2.27 bits per heavy atom. The molecule has 1 heterocycles. The number of carbonyl (C=O) groups is 3. The number of anilines is 1. The van der Waals surface area contributed by atoms with Crippen LogP contribution in [0, 0.1) is 0 Å². The van der Waals surface area contributed by atoms with Gasteiger partial charge in [-0.15, -0.1) is 11.3 Å². The number of carbonyl (C=O) groups excluding carboxylic acids is 3. The molecular weight excluding hydrogens is 464 g/mol. The van der Waals surface area contributed by atoms with Gasteiger partial charge < -0.3 is 10.1 Å². The molecule has 0 bridgehead atoms. The fourth-order valence-electron chi connectivity index (χ4n) is 2.82. The summed E-state index contributed by atoms with van der Waals surface area (Å²) in [5.41, 5.74) is 0.634. The van der Waals surface area contributed by atoms with E-state index in [1.165, 1.54) is 49.6 Å². The molecule has 1 aromatic heterocycles.